The van der Waals surface area contributed by atoms with Crippen molar-refractivity contribution in [2.45, 2.75) is 0 Å². The van der Waals surface area contributed by atoms with E-state index in [1.54, 1.807) is 18.3 Å². The summed E-state index contributed by atoms with van der Waals surface area (Å²) < 4.78 is 1.38. The molecule has 0 bridgehead atoms. The first kappa shape index (κ1) is 5.61. The number of hydrogen-bond donors (Lipinski definition) is 0. The van der Waals surface area contributed by atoms with E-state index in [1.807, 2.05) is 0 Å². The Morgan fingerprint density at radius 2 is 2.40 bits per heavy atom. The molecule has 10 heavy (non-hydrogen) atoms. The average Bonchev–Trinajstić information content (AvgIpc) is 2.27. The van der Waals surface area contributed by atoms with Gasteiger partial charge in [0.05, 0.1) is 0 Å². The molecule has 0 spiro atoms. The van der Waals surface area contributed by atoms with Crippen LogP contribution in [0.25, 0.3) is 5.65 Å². The number of rotatable bonds is 0. The fourth-order valence-corrected chi connectivity index (χ4v) is 0.869. The molecule has 4 nitrogen and oxygen atoms in total. The van der Waals surface area contributed by atoms with E-state index in [9.17, 15) is 0 Å². The molecule has 0 aliphatic rings. The molecule has 0 saturated carbocycles. The van der Waals surface area contributed by atoms with Crippen molar-refractivity contribution in [1.29, 1.82) is 0 Å². The van der Waals surface area contributed by atoms with Gasteiger partial charge in [-0.05, 0) is 23.7 Å². The van der Waals surface area contributed by atoms with Crippen LogP contribution in [0.5, 0.6) is 0 Å². The van der Waals surface area contributed by atoms with Gasteiger partial charge in [0, 0.05) is 6.20 Å². The Balaban J connectivity index is 2.88. The van der Waals surface area contributed by atoms with Gasteiger partial charge in [0.15, 0.2) is 5.65 Å². The van der Waals surface area contributed by atoms with E-state index in [4.69, 9.17) is 11.6 Å². The summed E-state index contributed by atoms with van der Waals surface area (Å²) in [5.74, 6) is 0. The highest BCUT2D eigenvalue weighted by Gasteiger charge is 1.97. The summed E-state index contributed by atoms with van der Waals surface area (Å²) in [6, 6.07) is 3.56. The molecule has 50 valence electrons. The lowest BCUT2D eigenvalue weighted by Gasteiger charge is -1.83. The van der Waals surface area contributed by atoms with Crippen LogP contribution in [0.4, 0.5) is 0 Å². The lowest BCUT2D eigenvalue weighted by molar-refractivity contribution is 0.800. The van der Waals surface area contributed by atoms with Crippen LogP contribution in [0.15, 0.2) is 18.3 Å². The quantitative estimate of drug-likeness (QED) is 0.563. The maximum atomic E-state index is 5.50. The van der Waals surface area contributed by atoms with Gasteiger partial charge in [-0.2, -0.15) is 10.1 Å². The Bertz CT molecular complexity index is 322. The molecule has 0 aliphatic heterocycles. The fourth-order valence-electron chi connectivity index (χ4n) is 0.711. The second kappa shape index (κ2) is 1.91. The first-order valence-electron chi connectivity index (χ1n) is 2.70. The van der Waals surface area contributed by atoms with Crippen LogP contribution in [0.1, 0.15) is 0 Å². The minimum Gasteiger partial charge on any atom is -0.195 e. The van der Waals surface area contributed by atoms with E-state index >= 15 is 0 Å². The molecular weight excluding hydrogens is 152 g/mol. The highest BCUT2D eigenvalue weighted by atomic mass is 35.5. The molecule has 0 atom stereocenters. The Kier molecular flexibility index (Phi) is 1.07. The summed E-state index contributed by atoms with van der Waals surface area (Å²) in [6.45, 7) is 0. The Morgan fingerprint density at radius 3 is 3.20 bits per heavy atom. The summed E-state index contributed by atoms with van der Waals surface area (Å²) in [6.07, 6.45) is 1.62. The predicted molar refractivity (Wildman–Crippen MR) is 35.8 cm³/mol. The standard InChI is InChI=1S/C5H3ClN4/c6-5-8-4-2-1-3-7-10(4)9-5/h1-3H. The summed E-state index contributed by atoms with van der Waals surface area (Å²) >= 11 is 5.50. The molecule has 0 N–H and O–H groups in total. The molecule has 0 radical (unpaired) electrons. The van der Waals surface area contributed by atoms with Crippen LogP contribution in [-0.2, 0) is 0 Å². The smallest absolute Gasteiger partial charge is 0.195 e. The Morgan fingerprint density at radius 1 is 1.50 bits per heavy atom. The van der Waals surface area contributed by atoms with E-state index in [0.717, 1.165) is 0 Å². The van der Waals surface area contributed by atoms with Gasteiger partial charge < -0.3 is 0 Å². The van der Waals surface area contributed by atoms with E-state index in [0.29, 0.717) is 5.65 Å². The zero-order valence-corrected chi connectivity index (χ0v) is 5.65. The number of nitrogens with zero attached hydrogens (tertiary/aromatic N) is 4. The van der Waals surface area contributed by atoms with Crippen LogP contribution >= 0.6 is 11.6 Å². The zero-order chi connectivity index (χ0) is 6.97. The maximum absolute atomic E-state index is 5.50. The summed E-state index contributed by atoms with van der Waals surface area (Å²) in [4.78, 5) is 3.87. The molecule has 0 amide bonds. The normalized spacial score (nSPS) is 10.5. The monoisotopic (exact) mass is 154 g/mol. The molecule has 0 saturated heterocycles. The third kappa shape index (κ3) is 0.733. The van der Waals surface area contributed by atoms with Gasteiger partial charge in [-0.15, -0.1) is 9.73 Å². The average molecular weight is 155 g/mol. The van der Waals surface area contributed by atoms with Crippen molar-refractivity contribution in [2.75, 3.05) is 0 Å². The molecule has 0 aromatic carbocycles. The number of aromatic nitrogens is 4. The van der Waals surface area contributed by atoms with Gasteiger partial charge in [-0.25, -0.2) is 0 Å². The first-order chi connectivity index (χ1) is 4.86. The van der Waals surface area contributed by atoms with Crippen LogP contribution in [0.3, 0.4) is 0 Å². The predicted octanol–water partition coefficient (Wildman–Crippen LogP) is 0.778. The second-order valence-electron chi connectivity index (χ2n) is 1.75. The maximum Gasteiger partial charge on any atom is 0.245 e. The van der Waals surface area contributed by atoms with Crippen molar-refractivity contribution >= 4 is 17.2 Å². The van der Waals surface area contributed by atoms with Gasteiger partial charge in [0.2, 0.25) is 5.28 Å². The minimum atomic E-state index is 0.221. The Hall–Kier alpha value is -1.16. The highest BCUT2D eigenvalue weighted by molar-refractivity contribution is 6.28. The van der Waals surface area contributed by atoms with Crippen LogP contribution in [-0.4, -0.2) is 19.8 Å². The lowest BCUT2D eigenvalue weighted by atomic mass is 10.6. The highest BCUT2D eigenvalue weighted by Crippen LogP contribution is 2.01. The van der Waals surface area contributed by atoms with E-state index in [-0.39, 0.29) is 5.28 Å². The summed E-state index contributed by atoms with van der Waals surface area (Å²) in [5.41, 5.74) is 0.660. The van der Waals surface area contributed by atoms with Crippen molar-refractivity contribution in [3.05, 3.63) is 23.6 Å². The third-order valence-electron chi connectivity index (χ3n) is 1.10. The fraction of sp³-hybridized carbons (Fsp3) is 0. The number of halogens is 1. The molecule has 2 aromatic rings. The lowest BCUT2D eigenvalue weighted by Crippen LogP contribution is -1.90. The van der Waals surface area contributed by atoms with Gasteiger partial charge in [-0.3, -0.25) is 0 Å². The summed E-state index contributed by atoms with van der Waals surface area (Å²) in [7, 11) is 0. The van der Waals surface area contributed by atoms with Crippen molar-refractivity contribution in [1.82, 2.24) is 19.8 Å². The minimum absolute atomic E-state index is 0.221. The molecule has 0 fully saturated rings. The molecule has 2 rings (SSSR count). The molecule has 2 heterocycles. The molecular formula is C5H3ClN4. The second-order valence-corrected chi connectivity index (χ2v) is 2.09. The SMILES string of the molecule is Clc1nc2cccnn2n1. The van der Waals surface area contributed by atoms with E-state index in [1.165, 1.54) is 4.63 Å². The number of hydrogen-bond acceptors (Lipinski definition) is 3. The van der Waals surface area contributed by atoms with E-state index in [2.05, 4.69) is 15.2 Å². The first-order valence-corrected chi connectivity index (χ1v) is 3.07. The van der Waals surface area contributed by atoms with Crippen molar-refractivity contribution in [3.8, 4) is 0 Å². The van der Waals surface area contributed by atoms with Gasteiger partial charge >= 0.3 is 0 Å². The van der Waals surface area contributed by atoms with E-state index < -0.39 is 0 Å². The van der Waals surface area contributed by atoms with Crippen LogP contribution < -0.4 is 0 Å². The molecule has 0 aliphatic carbocycles. The van der Waals surface area contributed by atoms with Crippen LogP contribution in [0.2, 0.25) is 5.28 Å². The van der Waals surface area contributed by atoms with Crippen molar-refractivity contribution in [2.24, 2.45) is 0 Å². The van der Waals surface area contributed by atoms with Gasteiger partial charge in [0.25, 0.3) is 0 Å². The topological polar surface area (TPSA) is 43.1 Å². The molecule has 2 aromatic heterocycles. The zero-order valence-electron chi connectivity index (χ0n) is 4.90. The Labute approximate surface area is 61.4 Å². The third-order valence-corrected chi connectivity index (χ3v) is 1.26. The van der Waals surface area contributed by atoms with Crippen LogP contribution in [0, 0.1) is 0 Å². The molecule has 0 unspecified atom stereocenters. The van der Waals surface area contributed by atoms with Crippen molar-refractivity contribution in [3.63, 3.8) is 0 Å². The summed E-state index contributed by atoms with van der Waals surface area (Å²) in [5, 5.41) is 7.85. The number of fused-ring (bicyclic) bond motifs is 1. The molecule has 5 heteroatoms. The van der Waals surface area contributed by atoms with Gasteiger partial charge in [-0.1, -0.05) is 0 Å². The van der Waals surface area contributed by atoms with Crippen molar-refractivity contribution < 1.29 is 0 Å². The van der Waals surface area contributed by atoms with Gasteiger partial charge in [0.1, 0.15) is 0 Å². The largest absolute Gasteiger partial charge is 0.245 e.